The van der Waals surface area contributed by atoms with E-state index in [-0.39, 0.29) is 65.5 Å². The monoisotopic (exact) mass is 663 g/mol. The number of hydrogen-bond acceptors (Lipinski definition) is 1. The highest BCUT2D eigenvalue weighted by atomic mass is 16.3. The molecule has 3 aromatic heterocycles. The molecule has 3 nitrogen and oxygen atoms in total. The van der Waals surface area contributed by atoms with Crippen molar-refractivity contribution in [2.75, 3.05) is 0 Å². The summed E-state index contributed by atoms with van der Waals surface area (Å²) in [6.07, 6.45) is 0. The molecule has 0 aliphatic carbocycles. The molecule has 11 aromatic rings. The van der Waals surface area contributed by atoms with Crippen molar-refractivity contribution < 1.29 is 22.2 Å². The highest BCUT2D eigenvalue weighted by Crippen LogP contribution is 2.41. The van der Waals surface area contributed by atoms with E-state index in [2.05, 4.69) is 0 Å². The van der Waals surface area contributed by atoms with Crippen LogP contribution in [0.15, 0.2) is 186 Å². The summed E-state index contributed by atoms with van der Waals surface area (Å²) in [4.78, 5) is 0. The molecule has 0 fully saturated rings. The van der Waals surface area contributed by atoms with Crippen molar-refractivity contribution in [2.45, 2.75) is 0 Å². The lowest BCUT2D eigenvalue weighted by molar-refractivity contribution is 0.668. The topological polar surface area (TPSA) is 23.0 Å². The lowest BCUT2D eigenvalue weighted by Crippen LogP contribution is -1.93. The fourth-order valence-electron chi connectivity index (χ4n) is 7.46. The van der Waals surface area contributed by atoms with Gasteiger partial charge in [-0.2, -0.15) is 0 Å². The quantitative estimate of drug-likeness (QED) is 0.184. The first-order valence-corrected chi connectivity index (χ1v) is 16.4. The van der Waals surface area contributed by atoms with E-state index >= 15 is 0 Å². The number of furan rings is 1. The van der Waals surface area contributed by atoms with Gasteiger partial charge in [0.2, 0.25) is 0 Å². The number of fused-ring (bicyclic) bond motifs is 9. The Hall–Kier alpha value is -6.84. The largest absolute Gasteiger partial charge is 0.456 e. The molecule has 0 unspecified atom stereocenters. The third kappa shape index (κ3) is 4.19. The molecule has 0 aliphatic rings. The van der Waals surface area contributed by atoms with Gasteiger partial charge >= 0.3 is 0 Å². The number of para-hydroxylation sites is 3. The summed E-state index contributed by atoms with van der Waals surface area (Å²) < 4.78 is 123. The Bertz CT molecular complexity index is 3860. The Labute approximate surface area is 312 Å². The number of nitrogens with zero attached hydrogens (tertiary/aromatic N) is 2. The summed E-state index contributed by atoms with van der Waals surface area (Å²) in [5.74, 6) is 0. The lowest BCUT2D eigenvalue weighted by Gasteiger charge is -2.09. The van der Waals surface area contributed by atoms with Crippen molar-refractivity contribution in [2.24, 2.45) is 0 Å². The molecule has 0 N–H and O–H groups in total. The zero-order valence-corrected chi connectivity index (χ0v) is 26.6. The minimum Gasteiger partial charge on any atom is -0.456 e. The van der Waals surface area contributed by atoms with Crippen LogP contribution < -0.4 is 0 Å². The second-order valence-corrected chi connectivity index (χ2v) is 12.4. The number of rotatable bonds is 4. The predicted molar refractivity (Wildman–Crippen MR) is 213 cm³/mol. The van der Waals surface area contributed by atoms with Crippen molar-refractivity contribution in [3.63, 3.8) is 0 Å². The average molecular weight is 664 g/mol. The van der Waals surface area contributed by atoms with E-state index in [4.69, 9.17) is 22.2 Å². The molecule has 0 bridgehead atoms. The van der Waals surface area contributed by atoms with E-state index < -0.39 is 24.2 Å². The first-order chi connectivity index (χ1) is 30.7. The van der Waals surface area contributed by atoms with Crippen LogP contribution in [0.5, 0.6) is 0 Å². The van der Waals surface area contributed by atoms with Gasteiger partial charge in [0.25, 0.3) is 0 Å². The molecule has 238 valence electrons. The van der Waals surface area contributed by atoms with E-state index in [0.717, 1.165) is 5.69 Å². The van der Waals surface area contributed by atoms with Gasteiger partial charge in [0.15, 0.2) is 0 Å². The predicted octanol–water partition coefficient (Wildman–Crippen LogP) is 13.1. The van der Waals surface area contributed by atoms with Gasteiger partial charge in [-0.3, -0.25) is 0 Å². The fourth-order valence-corrected chi connectivity index (χ4v) is 7.46. The Kier molecular flexibility index (Phi) is 3.87. The maximum Gasteiger partial charge on any atom is 0.137 e. The molecule has 3 heterocycles. The molecule has 8 aromatic carbocycles. The van der Waals surface area contributed by atoms with Crippen LogP contribution >= 0.6 is 0 Å². The zero-order chi connectivity index (χ0) is 44.8. The van der Waals surface area contributed by atoms with Gasteiger partial charge in [-0.05, 0) is 88.9 Å². The molecule has 0 aliphatic heterocycles. The number of aromatic nitrogens is 2. The molecule has 0 radical (unpaired) electrons. The van der Waals surface area contributed by atoms with Crippen molar-refractivity contribution in [3.8, 4) is 33.6 Å². The molecule has 51 heavy (non-hydrogen) atoms. The van der Waals surface area contributed by atoms with Crippen molar-refractivity contribution >= 4 is 65.6 Å². The molecule has 0 atom stereocenters. The summed E-state index contributed by atoms with van der Waals surface area (Å²) in [6.45, 7) is 0. The highest BCUT2D eigenvalue weighted by Gasteiger charge is 2.18. The maximum absolute atomic E-state index is 9.16. The molecule has 11 rings (SSSR count). The Balaban J connectivity index is 1.14. The van der Waals surface area contributed by atoms with Crippen LogP contribution in [0.2, 0.25) is 0 Å². The van der Waals surface area contributed by atoms with Crippen molar-refractivity contribution in [1.82, 2.24) is 9.13 Å². The average Bonchev–Trinajstić information content (AvgIpc) is 3.98. The van der Waals surface area contributed by atoms with Crippen LogP contribution in [0.1, 0.15) is 17.8 Å². The Morgan fingerprint density at radius 1 is 0.392 bits per heavy atom. The summed E-state index contributed by atoms with van der Waals surface area (Å²) >= 11 is 0. The third-order valence-electron chi connectivity index (χ3n) is 9.65. The van der Waals surface area contributed by atoms with E-state index in [0.29, 0.717) is 82.4 Å². The zero-order valence-electron chi connectivity index (χ0n) is 39.6. The van der Waals surface area contributed by atoms with Gasteiger partial charge < -0.3 is 13.6 Å². The molecular weight excluding hydrogens is 621 g/mol. The van der Waals surface area contributed by atoms with E-state index in [1.165, 1.54) is 0 Å². The van der Waals surface area contributed by atoms with Crippen LogP contribution in [0.3, 0.4) is 0 Å². The molecule has 0 spiro atoms. The number of hydrogen-bond donors (Lipinski definition) is 0. The molecule has 0 amide bonds. The van der Waals surface area contributed by atoms with Gasteiger partial charge in [0, 0.05) is 49.8 Å². The van der Waals surface area contributed by atoms with E-state index in [1.807, 2.05) is 71.3 Å². The minimum absolute atomic E-state index is 0.0445. The molecular formula is C48H30N2O. The summed E-state index contributed by atoms with van der Waals surface area (Å²) in [5.41, 5.74) is 5.82. The second kappa shape index (κ2) is 10.8. The maximum atomic E-state index is 9.16. The van der Waals surface area contributed by atoms with E-state index in [9.17, 15) is 0 Å². The Morgan fingerprint density at radius 3 is 1.71 bits per heavy atom. The first kappa shape index (κ1) is 18.2. The second-order valence-electron chi connectivity index (χ2n) is 12.4. The normalized spacial score (nSPS) is 15.5. The van der Waals surface area contributed by atoms with Gasteiger partial charge in [0.1, 0.15) is 11.2 Å². The van der Waals surface area contributed by atoms with Gasteiger partial charge in [-0.15, -0.1) is 0 Å². The lowest BCUT2D eigenvalue weighted by atomic mass is 9.99. The third-order valence-corrected chi connectivity index (χ3v) is 9.65. The Morgan fingerprint density at radius 2 is 1.02 bits per heavy atom. The molecule has 0 saturated carbocycles. The van der Waals surface area contributed by atoms with Crippen LogP contribution in [0.4, 0.5) is 0 Å². The van der Waals surface area contributed by atoms with Crippen molar-refractivity contribution in [3.05, 3.63) is 182 Å². The molecule has 0 saturated heterocycles. The van der Waals surface area contributed by atoms with Crippen LogP contribution in [0, 0.1) is 0 Å². The summed E-state index contributed by atoms with van der Waals surface area (Å²) in [6, 6.07) is 26.8. The van der Waals surface area contributed by atoms with Gasteiger partial charge in [-0.1, -0.05) is 109 Å². The highest BCUT2D eigenvalue weighted by molar-refractivity contribution is 6.15. The van der Waals surface area contributed by atoms with Crippen LogP contribution in [-0.4, -0.2) is 9.13 Å². The van der Waals surface area contributed by atoms with Crippen molar-refractivity contribution in [1.29, 1.82) is 0 Å². The summed E-state index contributed by atoms with van der Waals surface area (Å²) in [7, 11) is 0. The van der Waals surface area contributed by atoms with E-state index in [1.54, 1.807) is 41.0 Å². The van der Waals surface area contributed by atoms with Gasteiger partial charge in [-0.25, -0.2) is 0 Å². The van der Waals surface area contributed by atoms with Crippen LogP contribution in [-0.2, 0) is 0 Å². The SMILES string of the molecule is [2H]c1c([2H])c([2H])c(-c2cccc3oc4cc(-n5c6ccc(-c7ccc8c(c7)c7c([2H])c([2H])c([2H])c([2H])c7n8-c7ccccc7)cc6c6c([2H])c([2H])c([2H])c([2H])c65)ccc4c23)c([2H])c1[2H]. The first-order valence-electron chi connectivity index (χ1n) is 22.9. The standard InChI is InChI=1S/C48H30N2O/c1-3-12-31(13-4-1)36-18-11-21-46-48(36)39-25-24-35(30-47(39)51-46)50-43-20-10-8-17-38(43)41-29-33(23-27-45(41)50)32-22-26-44-40(28-32)37-16-7-9-19-42(37)49(44)34-14-5-2-6-15-34/h1-30H/i1D,3D,4D,7D,8D,9D,10D,12D,13D,16D,17D,19D,20D. The summed E-state index contributed by atoms with van der Waals surface area (Å²) in [5, 5.41) is 2.99. The van der Waals surface area contributed by atoms with Crippen LogP contribution in [0.25, 0.3) is 99.2 Å². The number of benzene rings is 8. The smallest absolute Gasteiger partial charge is 0.137 e. The van der Waals surface area contributed by atoms with Gasteiger partial charge in [0.05, 0.1) is 39.9 Å². The molecule has 3 heteroatoms. The minimum atomic E-state index is -0.490. The fraction of sp³-hybridized carbons (Fsp3) is 0.